The van der Waals surface area contributed by atoms with Crippen LogP contribution in [0.25, 0.3) is 0 Å². The third-order valence-electron chi connectivity index (χ3n) is 4.62. The third-order valence-corrected chi connectivity index (χ3v) is 4.62. The second kappa shape index (κ2) is 11.4. The molecule has 34 heavy (non-hydrogen) atoms. The molecule has 0 unspecified atom stereocenters. The van der Waals surface area contributed by atoms with Crippen LogP contribution in [0.3, 0.4) is 0 Å². The number of ether oxygens (including phenoxy) is 1. The van der Waals surface area contributed by atoms with Gasteiger partial charge in [-0.15, -0.1) is 0 Å². The van der Waals surface area contributed by atoms with Crippen LogP contribution < -0.4 is 26.4 Å². The summed E-state index contributed by atoms with van der Waals surface area (Å²) >= 11 is 0. The minimum atomic E-state index is -2.90. The summed E-state index contributed by atoms with van der Waals surface area (Å²) in [4.78, 5) is 35.5. The van der Waals surface area contributed by atoms with Crippen LogP contribution in [0.4, 0.5) is 20.2 Å². The number of hydrogen-bond acceptors (Lipinski definition) is 5. The molecule has 0 bridgehead atoms. The molecule has 5 N–H and O–H groups in total. The van der Waals surface area contributed by atoms with Gasteiger partial charge in [0.05, 0.1) is 17.8 Å². The number of amides is 3. The van der Waals surface area contributed by atoms with E-state index in [-0.39, 0.29) is 24.7 Å². The van der Waals surface area contributed by atoms with Crippen LogP contribution in [0.15, 0.2) is 72.8 Å². The second-order valence-electron chi connectivity index (χ2n) is 7.10. The van der Waals surface area contributed by atoms with E-state index in [1.807, 2.05) is 0 Å². The van der Waals surface area contributed by atoms with Gasteiger partial charge in [0.2, 0.25) is 5.91 Å². The zero-order valence-electron chi connectivity index (χ0n) is 17.9. The average molecular weight is 468 g/mol. The van der Waals surface area contributed by atoms with Crippen molar-refractivity contribution < 1.29 is 27.9 Å². The largest absolute Gasteiger partial charge is 0.435 e. The molecule has 8 nitrogen and oxygen atoms in total. The van der Waals surface area contributed by atoms with E-state index in [1.54, 1.807) is 60.7 Å². The number of anilines is 2. The molecule has 176 valence electrons. The molecule has 0 saturated heterocycles. The van der Waals surface area contributed by atoms with Crippen LogP contribution in [0.5, 0.6) is 5.75 Å². The zero-order valence-corrected chi connectivity index (χ0v) is 17.9. The van der Waals surface area contributed by atoms with Crippen molar-refractivity contribution in [3.63, 3.8) is 0 Å². The first-order chi connectivity index (χ1) is 16.3. The van der Waals surface area contributed by atoms with Crippen LogP contribution in [-0.4, -0.2) is 30.9 Å². The van der Waals surface area contributed by atoms with E-state index in [1.165, 1.54) is 12.1 Å². The first-order valence-corrected chi connectivity index (χ1v) is 10.2. The number of carbonyl (C=O) groups excluding carboxylic acids is 3. The predicted molar refractivity (Wildman–Crippen MR) is 122 cm³/mol. The molecule has 3 amide bonds. The fourth-order valence-corrected chi connectivity index (χ4v) is 2.99. The smallest absolute Gasteiger partial charge is 0.387 e. The van der Waals surface area contributed by atoms with E-state index >= 15 is 0 Å². The maximum atomic E-state index is 12.8. The van der Waals surface area contributed by atoms with Crippen molar-refractivity contribution in [3.05, 3.63) is 89.5 Å². The van der Waals surface area contributed by atoms with Crippen LogP contribution in [0.1, 0.15) is 26.3 Å². The Balaban J connectivity index is 1.60. The van der Waals surface area contributed by atoms with Gasteiger partial charge in [0.15, 0.2) is 0 Å². The summed E-state index contributed by atoms with van der Waals surface area (Å²) in [6.45, 7) is -2.94. The first kappa shape index (κ1) is 24.2. The van der Waals surface area contributed by atoms with Crippen LogP contribution in [0, 0.1) is 0 Å². The van der Waals surface area contributed by atoms with E-state index in [2.05, 4.69) is 20.7 Å². The summed E-state index contributed by atoms with van der Waals surface area (Å²) in [7, 11) is 0. The van der Waals surface area contributed by atoms with Crippen molar-refractivity contribution >= 4 is 29.1 Å². The predicted octanol–water partition coefficient (Wildman–Crippen LogP) is 3.18. The summed E-state index contributed by atoms with van der Waals surface area (Å²) in [5.41, 5.74) is 7.64. The number of primary amides is 1. The standard InChI is InChI=1S/C24H22F2N4O4/c25-24(26)34-18-11-9-17(10-12-18)30-20-4-2-1-3-19(20)23(33)28-13-15-5-7-16(8-6-15)22(32)29-14-21(27)31/h1-12,24,30H,13-14H2,(H2,27,31)(H,28,33)(H,29,32). The van der Waals surface area contributed by atoms with Crippen LogP contribution in [-0.2, 0) is 11.3 Å². The Bertz CT molecular complexity index is 1150. The molecule has 3 rings (SSSR count). The van der Waals surface area contributed by atoms with Crippen molar-refractivity contribution in [2.45, 2.75) is 13.2 Å². The Morgan fingerprint density at radius 1 is 0.853 bits per heavy atom. The molecule has 3 aromatic rings. The molecule has 0 fully saturated rings. The molecule has 0 spiro atoms. The molecular formula is C24H22F2N4O4. The van der Waals surface area contributed by atoms with Gasteiger partial charge in [0.25, 0.3) is 11.8 Å². The second-order valence-corrected chi connectivity index (χ2v) is 7.10. The van der Waals surface area contributed by atoms with Crippen LogP contribution >= 0.6 is 0 Å². The van der Waals surface area contributed by atoms with E-state index in [9.17, 15) is 23.2 Å². The fraction of sp³-hybridized carbons (Fsp3) is 0.125. The highest BCUT2D eigenvalue weighted by molar-refractivity contribution is 6.00. The highest BCUT2D eigenvalue weighted by Crippen LogP contribution is 2.24. The topological polar surface area (TPSA) is 123 Å². The van der Waals surface area contributed by atoms with Crippen LogP contribution in [0.2, 0.25) is 0 Å². The number of carbonyl (C=O) groups is 3. The quantitative estimate of drug-likeness (QED) is 0.364. The normalized spacial score (nSPS) is 10.4. The van der Waals surface area contributed by atoms with Gasteiger partial charge >= 0.3 is 6.61 Å². The Morgan fingerprint density at radius 2 is 1.53 bits per heavy atom. The summed E-state index contributed by atoms with van der Waals surface area (Å²) in [5.74, 6) is -1.37. The Kier molecular flexibility index (Phi) is 8.11. The lowest BCUT2D eigenvalue weighted by Gasteiger charge is -2.13. The number of rotatable bonds is 10. The van der Waals surface area contributed by atoms with Crippen molar-refractivity contribution in [1.82, 2.24) is 10.6 Å². The van der Waals surface area contributed by atoms with Crippen molar-refractivity contribution in [1.29, 1.82) is 0 Å². The lowest BCUT2D eigenvalue weighted by atomic mass is 10.1. The van der Waals surface area contributed by atoms with Gasteiger partial charge in [-0.1, -0.05) is 24.3 Å². The van der Waals surface area contributed by atoms with Gasteiger partial charge in [-0.2, -0.15) is 8.78 Å². The molecule has 0 aliphatic carbocycles. The lowest BCUT2D eigenvalue weighted by molar-refractivity contribution is -0.117. The van der Waals surface area contributed by atoms with Gasteiger partial charge in [0, 0.05) is 17.8 Å². The first-order valence-electron chi connectivity index (χ1n) is 10.2. The minimum Gasteiger partial charge on any atom is -0.435 e. The van der Waals surface area contributed by atoms with Gasteiger partial charge in [-0.3, -0.25) is 14.4 Å². The van der Waals surface area contributed by atoms with Crippen molar-refractivity contribution in [2.75, 3.05) is 11.9 Å². The average Bonchev–Trinajstić information content (AvgIpc) is 2.82. The van der Waals surface area contributed by atoms with E-state index in [4.69, 9.17) is 5.73 Å². The number of nitrogens with two attached hydrogens (primary N) is 1. The van der Waals surface area contributed by atoms with E-state index in [0.717, 1.165) is 5.56 Å². The van der Waals surface area contributed by atoms with Gasteiger partial charge in [0.1, 0.15) is 5.75 Å². The fourth-order valence-electron chi connectivity index (χ4n) is 2.99. The number of benzene rings is 3. The molecule has 3 aromatic carbocycles. The molecule has 0 heterocycles. The lowest BCUT2D eigenvalue weighted by Crippen LogP contribution is -2.33. The Morgan fingerprint density at radius 3 is 2.18 bits per heavy atom. The Hall–Kier alpha value is -4.47. The summed E-state index contributed by atoms with van der Waals surface area (Å²) in [5, 5.41) is 8.30. The monoisotopic (exact) mass is 468 g/mol. The van der Waals surface area contributed by atoms with Gasteiger partial charge in [-0.25, -0.2) is 0 Å². The van der Waals surface area contributed by atoms with E-state index in [0.29, 0.717) is 22.5 Å². The third kappa shape index (κ3) is 7.02. The maximum absolute atomic E-state index is 12.8. The molecular weight excluding hydrogens is 446 g/mol. The molecule has 0 aliphatic rings. The summed E-state index contributed by atoms with van der Waals surface area (Å²) in [6.07, 6.45) is 0. The molecule has 0 aromatic heterocycles. The molecule has 0 saturated carbocycles. The number of halogens is 2. The minimum absolute atomic E-state index is 0.0305. The number of alkyl halides is 2. The van der Waals surface area contributed by atoms with Crippen molar-refractivity contribution in [3.8, 4) is 5.75 Å². The highest BCUT2D eigenvalue weighted by atomic mass is 19.3. The van der Waals surface area contributed by atoms with Gasteiger partial charge < -0.3 is 26.4 Å². The molecule has 10 heteroatoms. The van der Waals surface area contributed by atoms with E-state index < -0.39 is 18.4 Å². The number of para-hydroxylation sites is 1. The van der Waals surface area contributed by atoms with Crippen molar-refractivity contribution in [2.24, 2.45) is 5.73 Å². The summed E-state index contributed by atoms with van der Waals surface area (Å²) < 4.78 is 28.9. The summed E-state index contributed by atoms with van der Waals surface area (Å²) in [6, 6.07) is 19.3. The molecule has 0 atom stereocenters. The maximum Gasteiger partial charge on any atom is 0.387 e. The highest BCUT2D eigenvalue weighted by Gasteiger charge is 2.12. The number of nitrogens with one attached hydrogen (secondary N) is 3. The molecule has 0 aliphatic heterocycles. The number of hydrogen-bond donors (Lipinski definition) is 4. The Labute approximate surface area is 194 Å². The molecule has 0 radical (unpaired) electrons. The SMILES string of the molecule is NC(=O)CNC(=O)c1ccc(CNC(=O)c2ccccc2Nc2ccc(OC(F)F)cc2)cc1. The zero-order chi connectivity index (χ0) is 24.5. The van der Waals surface area contributed by atoms with Gasteiger partial charge in [-0.05, 0) is 54.1 Å².